The van der Waals surface area contributed by atoms with Crippen molar-refractivity contribution < 1.29 is 17.9 Å². The minimum absolute atomic E-state index is 0.0961. The molecule has 0 fully saturated rings. The second-order valence-corrected chi connectivity index (χ2v) is 8.53. The Kier molecular flexibility index (Phi) is 5.28. The highest BCUT2D eigenvalue weighted by atomic mass is 32.1. The molecule has 5 aromatic rings. The lowest BCUT2D eigenvalue weighted by molar-refractivity contribution is -0.137. The number of fused-ring (bicyclic) bond motifs is 3. The van der Waals surface area contributed by atoms with E-state index in [-0.39, 0.29) is 30.0 Å². The van der Waals surface area contributed by atoms with Crippen molar-refractivity contribution in [2.75, 3.05) is 7.11 Å². The lowest BCUT2D eigenvalue weighted by Crippen LogP contribution is -2.26. The predicted octanol–water partition coefficient (Wildman–Crippen LogP) is 4.00. The first-order valence-electron chi connectivity index (χ1n) is 10.2. The summed E-state index contributed by atoms with van der Waals surface area (Å²) < 4.78 is 48.9. The van der Waals surface area contributed by atoms with Crippen molar-refractivity contribution in [1.82, 2.24) is 18.7 Å². The third-order valence-corrected chi connectivity index (χ3v) is 6.39. The largest absolute Gasteiger partial charge is 0.496 e. The van der Waals surface area contributed by atoms with Crippen LogP contribution < -0.4 is 16.0 Å². The summed E-state index contributed by atoms with van der Waals surface area (Å²) in [6, 6.07) is 13.6. The molecule has 0 radical (unpaired) electrons. The molecule has 7 nitrogen and oxygen atoms in total. The Hall–Kier alpha value is -3.86. The van der Waals surface area contributed by atoms with E-state index in [0.29, 0.717) is 21.5 Å². The number of alkyl halides is 3. The highest BCUT2D eigenvalue weighted by Crippen LogP contribution is 2.29. The highest BCUT2D eigenvalue weighted by Gasteiger charge is 2.30. The Morgan fingerprint density at radius 1 is 1.03 bits per heavy atom. The zero-order valence-corrected chi connectivity index (χ0v) is 18.6. The van der Waals surface area contributed by atoms with Crippen molar-refractivity contribution in [3.05, 3.63) is 97.5 Å². The predicted molar refractivity (Wildman–Crippen MR) is 122 cm³/mol. The van der Waals surface area contributed by atoms with Gasteiger partial charge in [0.25, 0.3) is 5.56 Å². The van der Waals surface area contributed by atoms with Crippen LogP contribution in [-0.4, -0.2) is 25.9 Å². The fourth-order valence-electron chi connectivity index (χ4n) is 3.90. The van der Waals surface area contributed by atoms with Crippen molar-refractivity contribution in [3.63, 3.8) is 0 Å². The number of thiophene rings is 1. The zero-order chi connectivity index (χ0) is 24.0. The summed E-state index contributed by atoms with van der Waals surface area (Å²) in [6.07, 6.45) is -4.50. The molecule has 174 valence electrons. The van der Waals surface area contributed by atoms with E-state index in [1.54, 1.807) is 29.6 Å². The standard InChI is InChI=1S/C23H17F3N4O3S/c1-33-18-8-3-2-6-15(18)13-28-20(31)19-17(9-10-34-19)30-21(28)27-29(22(30)32)12-14-5-4-7-16(11-14)23(24,25)26/h2-11H,12-13H2,1H3. The van der Waals surface area contributed by atoms with Crippen LogP contribution in [0.15, 0.2) is 69.6 Å². The Bertz CT molecular complexity index is 1650. The number of aromatic nitrogens is 4. The maximum Gasteiger partial charge on any atom is 0.416 e. The van der Waals surface area contributed by atoms with Crippen LogP contribution in [-0.2, 0) is 19.3 Å². The van der Waals surface area contributed by atoms with Crippen molar-refractivity contribution in [3.8, 4) is 5.75 Å². The summed E-state index contributed by atoms with van der Waals surface area (Å²) in [5.74, 6) is 0.670. The molecule has 0 aliphatic rings. The third-order valence-electron chi connectivity index (χ3n) is 5.50. The van der Waals surface area contributed by atoms with Gasteiger partial charge in [0, 0.05) is 5.56 Å². The second kappa shape index (κ2) is 8.17. The number of methoxy groups -OCH3 is 1. The number of hydrogen-bond acceptors (Lipinski definition) is 5. The minimum Gasteiger partial charge on any atom is -0.496 e. The van der Waals surface area contributed by atoms with Crippen LogP contribution in [0.4, 0.5) is 13.2 Å². The third kappa shape index (κ3) is 3.67. The van der Waals surface area contributed by atoms with Crippen molar-refractivity contribution in [2.45, 2.75) is 19.3 Å². The van der Waals surface area contributed by atoms with Gasteiger partial charge in [-0.15, -0.1) is 16.4 Å². The Morgan fingerprint density at radius 3 is 2.59 bits per heavy atom. The van der Waals surface area contributed by atoms with E-state index >= 15 is 0 Å². The van der Waals surface area contributed by atoms with E-state index < -0.39 is 17.4 Å². The van der Waals surface area contributed by atoms with Crippen LogP contribution in [0.5, 0.6) is 5.75 Å². The average molecular weight is 486 g/mol. The van der Waals surface area contributed by atoms with Gasteiger partial charge in [-0.3, -0.25) is 9.36 Å². The van der Waals surface area contributed by atoms with E-state index in [1.807, 2.05) is 6.07 Å². The molecular formula is C23H17F3N4O3S. The van der Waals surface area contributed by atoms with Gasteiger partial charge < -0.3 is 4.74 Å². The molecule has 3 heterocycles. The van der Waals surface area contributed by atoms with Crippen LogP contribution in [0.2, 0.25) is 0 Å². The quantitative estimate of drug-likeness (QED) is 0.377. The molecule has 0 atom stereocenters. The van der Waals surface area contributed by atoms with Crippen LogP contribution >= 0.6 is 11.3 Å². The number of para-hydroxylation sites is 1. The first kappa shape index (κ1) is 22.0. The molecule has 0 amide bonds. The number of benzene rings is 2. The number of halogens is 3. The Morgan fingerprint density at radius 2 is 1.82 bits per heavy atom. The Labute approximate surface area is 193 Å². The highest BCUT2D eigenvalue weighted by molar-refractivity contribution is 7.17. The molecule has 0 spiro atoms. The van der Waals surface area contributed by atoms with Gasteiger partial charge in [-0.25, -0.2) is 13.9 Å². The van der Waals surface area contributed by atoms with Gasteiger partial charge in [-0.1, -0.05) is 30.3 Å². The lowest BCUT2D eigenvalue weighted by atomic mass is 10.1. The van der Waals surface area contributed by atoms with Crippen LogP contribution in [0.3, 0.4) is 0 Å². The number of rotatable bonds is 5. The van der Waals surface area contributed by atoms with E-state index in [1.165, 1.54) is 39.5 Å². The maximum absolute atomic E-state index is 13.3. The lowest BCUT2D eigenvalue weighted by Gasteiger charge is -2.11. The summed E-state index contributed by atoms with van der Waals surface area (Å²) in [5, 5.41) is 6.06. The van der Waals surface area contributed by atoms with E-state index in [9.17, 15) is 22.8 Å². The average Bonchev–Trinajstić information content (AvgIpc) is 3.42. The van der Waals surface area contributed by atoms with Crippen LogP contribution in [0.25, 0.3) is 16.0 Å². The van der Waals surface area contributed by atoms with Gasteiger partial charge in [-0.2, -0.15) is 13.2 Å². The molecule has 0 saturated carbocycles. The van der Waals surface area contributed by atoms with Gasteiger partial charge in [0.1, 0.15) is 10.4 Å². The summed E-state index contributed by atoms with van der Waals surface area (Å²) in [4.78, 5) is 26.6. The van der Waals surface area contributed by atoms with Crippen LogP contribution in [0, 0.1) is 0 Å². The summed E-state index contributed by atoms with van der Waals surface area (Å²) in [7, 11) is 1.52. The normalized spacial score (nSPS) is 12.0. The first-order chi connectivity index (χ1) is 16.3. The SMILES string of the molecule is COc1ccccc1Cn1c(=O)c2sccc2n2c(=O)n(Cc3cccc(C(F)(F)F)c3)nc12. The number of hydrogen-bond donors (Lipinski definition) is 0. The molecule has 34 heavy (non-hydrogen) atoms. The minimum atomic E-state index is -4.50. The Balaban J connectivity index is 1.69. The van der Waals surface area contributed by atoms with Gasteiger partial charge >= 0.3 is 11.9 Å². The zero-order valence-electron chi connectivity index (χ0n) is 17.7. The molecule has 0 saturated heterocycles. The molecule has 2 aromatic carbocycles. The molecule has 3 aromatic heterocycles. The van der Waals surface area contributed by atoms with Gasteiger partial charge in [0.05, 0.1) is 31.3 Å². The molecule has 11 heteroatoms. The molecule has 0 bridgehead atoms. The first-order valence-corrected chi connectivity index (χ1v) is 11.0. The summed E-state index contributed by atoms with van der Waals surface area (Å²) >= 11 is 1.20. The van der Waals surface area contributed by atoms with E-state index in [4.69, 9.17) is 4.74 Å². The fraction of sp³-hybridized carbons (Fsp3) is 0.174. The smallest absolute Gasteiger partial charge is 0.416 e. The molecule has 0 unspecified atom stereocenters. The van der Waals surface area contributed by atoms with Crippen molar-refractivity contribution >= 4 is 27.3 Å². The van der Waals surface area contributed by atoms with E-state index in [0.717, 1.165) is 16.8 Å². The molecule has 0 N–H and O–H groups in total. The molecule has 0 aliphatic heterocycles. The molecule has 0 aliphatic carbocycles. The second-order valence-electron chi connectivity index (χ2n) is 7.61. The monoisotopic (exact) mass is 486 g/mol. The summed E-state index contributed by atoms with van der Waals surface area (Å²) in [6.45, 7) is -0.0842. The number of ether oxygens (including phenoxy) is 1. The van der Waals surface area contributed by atoms with E-state index in [2.05, 4.69) is 5.10 Å². The van der Waals surface area contributed by atoms with Crippen molar-refractivity contribution in [1.29, 1.82) is 0 Å². The topological polar surface area (TPSA) is 70.5 Å². The van der Waals surface area contributed by atoms with Crippen molar-refractivity contribution in [2.24, 2.45) is 0 Å². The van der Waals surface area contributed by atoms with Gasteiger partial charge in [0.2, 0.25) is 5.78 Å². The maximum atomic E-state index is 13.3. The van der Waals surface area contributed by atoms with Gasteiger partial charge in [0.15, 0.2) is 0 Å². The molecular weight excluding hydrogens is 469 g/mol. The van der Waals surface area contributed by atoms with Gasteiger partial charge in [-0.05, 0) is 35.2 Å². The van der Waals surface area contributed by atoms with Crippen LogP contribution in [0.1, 0.15) is 16.7 Å². The fourth-order valence-corrected chi connectivity index (χ4v) is 4.73. The molecule has 5 rings (SSSR count). The number of nitrogens with zero attached hydrogens (tertiary/aromatic N) is 4. The summed E-state index contributed by atoms with van der Waals surface area (Å²) in [5.41, 5.74) is -0.300.